The van der Waals surface area contributed by atoms with Crippen molar-refractivity contribution in [2.24, 2.45) is 23.2 Å². The van der Waals surface area contributed by atoms with Crippen LogP contribution >= 0.6 is 0 Å². The Morgan fingerprint density at radius 3 is 1.93 bits per heavy atom. The lowest BCUT2D eigenvalue weighted by Crippen LogP contribution is -2.62. The summed E-state index contributed by atoms with van der Waals surface area (Å²) in [5.41, 5.74) is -1.35. The lowest BCUT2D eigenvalue weighted by molar-refractivity contribution is -0.146. The summed E-state index contributed by atoms with van der Waals surface area (Å²) < 4.78 is 5.24. The van der Waals surface area contributed by atoms with Gasteiger partial charge >= 0.3 is 6.09 Å². The van der Waals surface area contributed by atoms with Gasteiger partial charge in [0.15, 0.2) is 0 Å². The van der Waals surface area contributed by atoms with Crippen LogP contribution in [0.15, 0.2) is 12.4 Å². The Labute approximate surface area is 402 Å². The number of nitrogens with zero attached hydrogens (tertiary/aromatic N) is 3. The highest BCUT2D eigenvalue weighted by Gasteiger charge is 2.52. The van der Waals surface area contributed by atoms with E-state index in [1.807, 2.05) is 48.5 Å². The number of hydrogen-bond donors (Lipinski definition) is 6. The lowest BCUT2D eigenvalue weighted by Gasteiger charge is -2.38. The first-order valence-electron chi connectivity index (χ1n) is 25.4. The number of ether oxygens (including phenoxy) is 1. The molecule has 0 spiro atoms. The smallest absolute Gasteiger partial charge is 0.407 e. The number of alkyl carbamates (subject to hydrolysis) is 1. The summed E-state index contributed by atoms with van der Waals surface area (Å²) in [4.78, 5) is 118. The first-order chi connectivity index (χ1) is 32.3. The zero-order chi connectivity index (χ0) is 49.6. The van der Waals surface area contributed by atoms with E-state index < -0.39 is 82.5 Å². The largest absolute Gasteiger partial charge is 0.444 e. The van der Waals surface area contributed by atoms with Gasteiger partial charge in [-0.15, -0.1) is 0 Å². The highest BCUT2D eigenvalue weighted by molar-refractivity contribution is 6.38. The number of rotatable bonds is 23. The van der Waals surface area contributed by atoms with Gasteiger partial charge in [-0.25, -0.2) is 14.8 Å². The average molecular weight is 950 g/mol. The molecule has 1 saturated heterocycles. The van der Waals surface area contributed by atoms with E-state index in [-0.39, 0.29) is 41.6 Å². The van der Waals surface area contributed by atoms with Crippen LogP contribution in [0.25, 0.3) is 0 Å². The van der Waals surface area contributed by atoms with Crippen molar-refractivity contribution >= 4 is 47.3 Å². The van der Waals surface area contributed by atoms with E-state index in [0.717, 1.165) is 89.9 Å². The lowest BCUT2D eigenvalue weighted by atomic mass is 9.82. The van der Waals surface area contributed by atoms with Crippen molar-refractivity contribution in [2.45, 2.75) is 200 Å². The second kappa shape index (κ2) is 24.9. The number of Topliss-reactive ketones (excluding diaryl/α,β-unsaturated/α-hetero) is 1. The molecule has 2 heterocycles. The predicted octanol–water partition coefficient (Wildman–Crippen LogP) is 5.04. The van der Waals surface area contributed by atoms with Crippen LogP contribution in [0.2, 0.25) is 0 Å². The summed E-state index contributed by atoms with van der Waals surface area (Å²) in [6.45, 7) is 14.2. The molecule has 18 nitrogen and oxygen atoms in total. The van der Waals surface area contributed by atoms with Crippen molar-refractivity contribution in [3.8, 4) is 0 Å². The second-order valence-electron chi connectivity index (χ2n) is 21.5. The summed E-state index contributed by atoms with van der Waals surface area (Å²) in [5.74, 6) is -4.12. The van der Waals surface area contributed by atoms with Crippen LogP contribution in [-0.2, 0) is 28.7 Å². The van der Waals surface area contributed by atoms with E-state index in [2.05, 4.69) is 41.9 Å². The van der Waals surface area contributed by atoms with Gasteiger partial charge < -0.3 is 41.5 Å². The molecule has 6 atom stereocenters. The molecule has 3 saturated carbocycles. The number of likely N-dealkylation sites (tertiary alicyclic amines) is 1. The van der Waals surface area contributed by atoms with Crippen LogP contribution in [0.1, 0.15) is 185 Å². The Morgan fingerprint density at radius 1 is 0.721 bits per heavy atom. The van der Waals surface area contributed by atoms with E-state index in [9.17, 15) is 38.4 Å². The van der Waals surface area contributed by atoms with Crippen LogP contribution in [-0.4, -0.2) is 118 Å². The van der Waals surface area contributed by atoms with Crippen LogP contribution in [0.5, 0.6) is 0 Å². The zero-order valence-electron chi connectivity index (χ0n) is 41.6. The minimum atomic E-state index is -1.07. The summed E-state index contributed by atoms with van der Waals surface area (Å²) in [6, 6.07) is -3.98. The number of aromatic nitrogens is 2. The van der Waals surface area contributed by atoms with Gasteiger partial charge in [0.25, 0.3) is 17.7 Å². The Hall–Kier alpha value is -5.16. The van der Waals surface area contributed by atoms with Gasteiger partial charge in [-0.3, -0.25) is 33.6 Å². The van der Waals surface area contributed by atoms with Crippen molar-refractivity contribution in [3.63, 3.8) is 0 Å². The molecule has 68 heavy (non-hydrogen) atoms. The summed E-state index contributed by atoms with van der Waals surface area (Å²) >= 11 is 0. The second-order valence-corrected chi connectivity index (χ2v) is 21.5. The van der Waals surface area contributed by atoms with Crippen LogP contribution in [0.3, 0.4) is 0 Å². The molecular formula is C50H79N9O9. The van der Waals surface area contributed by atoms with Crippen LogP contribution < -0.4 is 31.9 Å². The standard InChI is InChI=1S/C50H79N9O9/c1-8-19-35(40(60)46(65)55-33-24-25-33)56-45(64)39-34-23-18-22-32(34)30-59(39)47(66)41(49(2,3)4)58-44(63)38(31-20-14-13-15-21-31)57-43(62)37-29-53-36(28-54-37)42(61)51-26-16-11-9-10-12-17-27-52-48(67)68-50(5,6)7/h28-29,31-35,38-39,41H,8-27,30H2,1-7H3,(H,51,61)(H,52,67)(H,55,65)(H,56,64)(H,57,62)(H,58,63)/t32-,34-,35-,38-,39-,41+/m0/s1. The maximum Gasteiger partial charge on any atom is 0.407 e. The third-order valence-corrected chi connectivity index (χ3v) is 13.6. The molecule has 18 heteroatoms. The minimum Gasteiger partial charge on any atom is -0.444 e. The zero-order valence-corrected chi connectivity index (χ0v) is 41.6. The van der Waals surface area contributed by atoms with E-state index in [1.54, 1.807) is 4.90 Å². The summed E-state index contributed by atoms with van der Waals surface area (Å²) in [5, 5.41) is 17.1. The topological polar surface area (TPSA) is 247 Å². The SMILES string of the molecule is CCC[C@H](NC(=O)[C@@H]1[C@H]2CCC[C@H]2CN1C(=O)[C@@H](NC(=O)[C@@H](NC(=O)c1cnc(C(=O)NCCCCCCCCNC(=O)OC(C)(C)C)cn1)C1CCCCC1)C(C)(C)C)C(=O)C(=O)NC1CC1. The highest BCUT2D eigenvalue weighted by Crippen LogP contribution is 2.43. The molecule has 5 rings (SSSR count). The van der Waals surface area contributed by atoms with Crippen molar-refractivity contribution in [3.05, 3.63) is 23.8 Å². The maximum absolute atomic E-state index is 14.8. The number of hydrogen-bond acceptors (Lipinski definition) is 11. The first-order valence-corrected chi connectivity index (χ1v) is 25.4. The van der Waals surface area contributed by atoms with Crippen molar-refractivity contribution in [2.75, 3.05) is 19.6 Å². The molecule has 3 aliphatic carbocycles. The number of amides is 7. The van der Waals surface area contributed by atoms with Gasteiger partial charge in [-0.2, -0.15) is 0 Å². The van der Waals surface area contributed by atoms with E-state index >= 15 is 0 Å². The fourth-order valence-electron chi connectivity index (χ4n) is 9.77. The third-order valence-electron chi connectivity index (χ3n) is 13.6. The highest BCUT2D eigenvalue weighted by atomic mass is 16.6. The van der Waals surface area contributed by atoms with Crippen LogP contribution in [0, 0.1) is 23.2 Å². The summed E-state index contributed by atoms with van der Waals surface area (Å²) in [6.07, 6.45) is 16.7. The molecule has 0 radical (unpaired) electrons. The van der Waals surface area contributed by atoms with Gasteiger partial charge in [0.2, 0.25) is 23.5 Å². The first kappa shape index (κ1) is 53.8. The van der Waals surface area contributed by atoms with Crippen LogP contribution in [0.4, 0.5) is 4.79 Å². The van der Waals surface area contributed by atoms with Gasteiger partial charge in [0, 0.05) is 25.7 Å². The monoisotopic (exact) mass is 950 g/mol. The molecule has 7 amide bonds. The quantitative estimate of drug-likeness (QED) is 0.0627. The van der Waals surface area contributed by atoms with Crippen molar-refractivity contribution < 1.29 is 43.1 Å². The van der Waals surface area contributed by atoms with E-state index in [0.29, 0.717) is 38.9 Å². The van der Waals surface area contributed by atoms with Crippen molar-refractivity contribution in [1.29, 1.82) is 0 Å². The normalized spacial score (nSPS) is 20.8. The predicted molar refractivity (Wildman–Crippen MR) is 255 cm³/mol. The molecular weight excluding hydrogens is 871 g/mol. The van der Waals surface area contributed by atoms with E-state index in [1.165, 1.54) is 12.4 Å². The maximum atomic E-state index is 14.8. The molecule has 0 aromatic carbocycles. The van der Waals surface area contributed by atoms with Gasteiger partial charge in [-0.05, 0) is 102 Å². The Kier molecular flexibility index (Phi) is 19.7. The number of nitrogens with one attached hydrogen (secondary N) is 6. The average Bonchev–Trinajstić information content (AvgIpc) is 3.86. The molecule has 1 aromatic rings. The molecule has 0 unspecified atom stereocenters. The summed E-state index contributed by atoms with van der Waals surface area (Å²) in [7, 11) is 0. The number of unbranched alkanes of at least 4 members (excludes halogenated alkanes) is 5. The Balaban J connectivity index is 1.17. The molecule has 4 fully saturated rings. The minimum absolute atomic E-state index is 0.0131. The van der Waals surface area contributed by atoms with Gasteiger partial charge in [0.1, 0.15) is 35.1 Å². The number of carbonyl (C=O) groups excluding carboxylic acids is 8. The van der Waals surface area contributed by atoms with Gasteiger partial charge in [0.05, 0.1) is 18.4 Å². The molecule has 6 N–H and O–H groups in total. The third kappa shape index (κ3) is 16.0. The molecule has 0 bridgehead atoms. The molecule has 378 valence electrons. The fraction of sp³-hybridized carbons (Fsp3) is 0.760. The number of ketones is 1. The fourth-order valence-corrected chi connectivity index (χ4v) is 9.77. The van der Waals surface area contributed by atoms with E-state index in [4.69, 9.17) is 4.74 Å². The number of fused-ring (bicyclic) bond motifs is 1. The van der Waals surface area contributed by atoms with Crippen molar-refractivity contribution in [1.82, 2.24) is 46.8 Å². The molecule has 4 aliphatic rings. The van der Waals surface area contributed by atoms with Gasteiger partial charge in [-0.1, -0.05) is 85.5 Å². The molecule has 1 aromatic heterocycles. The Morgan fingerprint density at radius 2 is 1.34 bits per heavy atom. The Bertz CT molecular complexity index is 1920. The number of carbonyl (C=O) groups is 8. The molecule has 1 aliphatic heterocycles.